The van der Waals surface area contributed by atoms with Crippen LogP contribution in [0.15, 0.2) is 29.2 Å². The molecule has 4 N–H and O–H groups in total. The number of carboxylic acids is 1. The van der Waals surface area contributed by atoms with Crippen LogP contribution >= 0.6 is 0 Å². The summed E-state index contributed by atoms with van der Waals surface area (Å²) in [5.74, 6) is -0.893. The highest BCUT2D eigenvalue weighted by Gasteiger charge is 2.24. The van der Waals surface area contributed by atoms with Crippen molar-refractivity contribution in [3.05, 3.63) is 40.3 Å². The smallest absolute Gasteiger partial charge is 0.323 e. The minimum atomic E-state index is -1.09. The first-order valence-electron chi connectivity index (χ1n) is 7.40. The Morgan fingerprint density at radius 2 is 2.17 bits per heavy atom. The van der Waals surface area contributed by atoms with Gasteiger partial charge in [-0.05, 0) is 43.5 Å². The highest BCUT2D eigenvalue weighted by atomic mass is 16.4. The molecule has 0 saturated heterocycles. The van der Waals surface area contributed by atoms with Crippen molar-refractivity contribution >= 4 is 17.5 Å². The second kappa shape index (κ2) is 5.75. The Hall–Kier alpha value is -2.83. The van der Waals surface area contributed by atoms with Gasteiger partial charge in [-0.1, -0.05) is 0 Å². The molecule has 1 aliphatic rings. The van der Waals surface area contributed by atoms with Crippen molar-refractivity contribution in [1.29, 1.82) is 0 Å². The van der Waals surface area contributed by atoms with Gasteiger partial charge in [-0.2, -0.15) is 0 Å². The van der Waals surface area contributed by atoms with Crippen LogP contribution in [0.25, 0.3) is 11.3 Å². The third-order valence-electron chi connectivity index (χ3n) is 3.66. The zero-order chi connectivity index (χ0) is 16.6. The number of carbonyl (C=O) groups is 1. The summed E-state index contributed by atoms with van der Waals surface area (Å²) in [6.45, 7) is 1.46. The molecule has 0 amide bonds. The number of nitrogens with one attached hydrogen (secondary N) is 1. The topological polar surface area (TPSA) is 110 Å². The maximum atomic E-state index is 12.6. The number of hydrogen-bond donors (Lipinski definition) is 3. The molecule has 0 unspecified atom stereocenters. The zero-order valence-corrected chi connectivity index (χ0v) is 12.7. The fourth-order valence-corrected chi connectivity index (χ4v) is 2.49. The minimum absolute atomic E-state index is 0.193. The van der Waals surface area contributed by atoms with E-state index in [1.54, 1.807) is 12.1 Å². The van der Waals surface area contributed by atoms with Crippen LogP contribution in [0.4, 0.5) is 11.5 Å². The zero-order valence-electron chi connectivity index (χ0n) is 12.7. The average molecular weight is 314 g/mol. The lowest BCUT2D eigenvalue weighted by Gasteiger charge is -2.14. The number of benzene rings is 1. The summed E-state index contributed by atoms with van der Waals surface area (Å²) in [5.41, 5.74) is 8.01. The fraction of sp³-hybridized carbons (Fsp3) is 0.312. The molecule has 7 heteroatoms. The van der Waals surface area contributed by atoms with Gasteiger partial charge in [0.25, 0.3) is 5.56 Å². The summed E-state index contributed by atoms with van der Waals surface area (Å²) in [4.78, 5) is 27.9. The van der Waals surface area contributed by atoms with Gasteiger partial charge in [0.15, 0.2) is 5.82 Å². The molecule has 0 aliphatic heterocycles. The van der Waals surface area contributed by atoms with Gasteiger partial charge in [-0.3, -0.25) is 14.2 Å². The van der Waals surface area contributed by atoms with Crippen LogP contribution < -0.4 is 16.6 Å². The SMILES string of the molecule is Cc1cc(N)cc(-c2cnc(NC3CC3)c(=O)n2CC(=O)O)c1. The van der Waals surface area contributed by atoms with E-state index in [2.05, 4.69) is 10.3 Å². The molecule has 1 saturated carbocycles. The molecule has 120 valence electrons. The van der Waals surface area contributed by atoms with Gasteiger partial charge < -0.3 is 16.2 Å². The van der Waals surface area contributed by atoms with Crippen molar-refractivity contribution in [1.82, 2.24) is 9.55 Å². The molecule has 1 aliphatic carbocycles. The summed E-state index contributed by atoms with van der Waals surface area (Å²) in [5, 5.41) is 12.2. The predicted octanol–water partition coefficient (Wildman–Crippen LogP) is 1.46. The van der Waals surface area contributed by atoms with E-state index in [-0.39, 0.29) is 11.9 Å². The Kier molecular flexibility index (Phi) is 3.77. The highest BCUT2D eigenvalue weighted by molar-refractivity contribution is 5.70. The molecule has 23 heavy (non-hydrogen) atoms. The van der Waals surface area contributed by atoms with E-state index in [0.29, 0.717) is 16.9 Å². The average Bonchev–Trinajstić information content (AvgIpc) is 3.26. The van der Waals surface area contributed by atoms with Gasteiger partial charge in [0.05, 0.1) is 11.9 Å². The van der Waals surface area contributed by atoms with E-state index in [1.165, 1.54) is 10.8 Å². The quantitative estimate of drug-likeness (QED) is 0.721. The summed E-state index contributed by atoms with van der Waals surface area (Å²) in [7, 11) is 0. The van der Waals surface area contributed by atoms with Gasteiger partial charge in [0.2, 0.25) is 0 Å². The largest absolute Gasteiger partial charge is 0.480 e. The number of anilines is 2. The molecule has 0 radical (unpaired) electrons. The van der Waals surface area contributed by atoms with Crippen LogP contribution in [0.2, 0.25) is 0 Å². The van der Waals surface area contributed by atoms with Crippen molar-refractivity contribution in [2.75, 3.05) is 11.1 Å². The predicted molar refractivity (Wildman–Crippen MR) is 87.4 cm³/mol. The Morgan fingerprint density at radius 1 is 1.43 bits per heavy atom. The van der Waals surface area contributed by atoms with Crippen molar-refractivity contribution in [2.45, 2.75) is 32.4 Å². The van der Waals surface area contributed by atoms with Crippen LogP contribution in [-0.2, 0) is 11.3 Å². The van der Waals surface area contributed by atoms with E-state index in [4.69, 9.17) is 10.8 Å². The number of nitrogen functional groups attached to an aromatic ring is 1. The summed E-state index contributed by atoms with van der Waals surface area (Å²) in [6, 6.07) is 5.61. The van der Waals surface area contributed by atoms with E-state index in [9.17, 15) is 9.59 Å². The third-order valence-corrected chi connectivity index (χ3v) is 3.66. The van der Waals surface area contributed by atoms with Crippen LogP contribution in [-0.4, -0.2) is 26.7 Å². The molecule has 3 rings (SSSR count). The Balaban J connectivity index is 2.12. The van der Waals surface area contributed by atoms with E-state index in [1.807, 2.05) is 13.0 Å². The molecule has 1 fully saturated rings. The van der Waals surface area contributed by atoms with Crippen molar-refractivity contribution < 1.29 is 9.90 Å². The lowest BCUT2D eigenvalue weighted by molar-refractivity contribution is -0.137. The number of nitrogens with zero attached hydrogens (tertiary/aromatic N) is 2. The maximum absolute atomic E-state index is 12.6. The third kappa shape index (κ3) is 3.33. The van der Waals surface area contributed by atoms with Crippen molar-refractivity contribution in [2.24, 2.45) is 0 Å². The Labute approximate surface area is 132 Å². The minimum Gasteiger partial charge on any atom is -0.480 e. The number of hydrogen-bond acceptors (Lipinski definition) is 5. The van der Waals surface area contributed by atoms with E-state index >= 15 is 0 Å². The summed E-state index contributed by atoms with van der Waals surface area (Å²) >= 11 is 0. The van der Waals surface area contributed by atoms with Gasteiger partial charge in [-0.25, -0.2) is 4.98 Å². The molecular formula is C16H18N4O3. The first-order valence-corrected chi connectivity index (χ1v) is 7.40. The standard InChI is InChI=1S/C16H18N4O3/c1-9-4-10(6-11(17)5-9)13-7-18-15(19-12-2-3-12)16(23)20(13)8-14(21)22/h4-7,12H,2-3,8,17H2,1H3,(H,18,19)(H,21,22). The number of nitrogens with two attached hydrogens (primary N) is 1. The lowest BCUT2D eigenvalue weighted by Crippen LogP contribution is -2.29. The summed E-state index contributed by atoms with van der Waals surface area (Å²) in [6.07, 6.45) is 3.51. The van der Waals surface area contributed by atoms with Gasteiger partial charge in [0, 0.05) is 17.3 Å². The number of aliphatic carboxylic acids is 1. The highest BCUT2D eigenvalue weighted by Crippen LogP contribution is 2.25. The normalized spacial score (nSPS) is 13.8. The Morgan fingerprint density at radius 3 is 2.78 bits per heavy atom. The molecule has 1 heterocycles. The number of aromatic nitrogens is 2. The van der Waals surface area contributed by atoms with Crippen molar-refractivity contribution in [3.63, 3.8) is 0 Å². The second-order valence-corrected chi connectivity index (χ2v) is 5.83. The molecule has 1 aromatic heterocycles. The molecule has 7 nitrogen and oxygen atoms in total. The van der Waals surface area contributed by atoms with Crippen LogP contribution in [0.1, 0.15) is 18.4 Å². The number of aryl methyl sites for hydroxylation is 1. The van der Waals surface area contributed by atoms with Gasteiger partial charge in [-0.15, -0.1) is 0 Å². The molecule has 0 bridgehead atoms. The van der Waals surface area contributed by atoms with Crippen LogP contribution in [0.5, 0.6) is 0 Å². The molecular weight excluding hydrogens is 296 g/mol. The first kappa shape index (κ1) is 15.1. The van der Waals surface area contributed by atoms with Crippen LogP contribution in [0.3, 0.4) is 0 Å². The van der Waals surface area contributed by atoms with Gasteiger partial charge in [0.1, 0.15) is 6.54 Å². The van der Waals surface area contributed by atoms with Crippen LogP contribution in [0, 0.1) is 6.92 Å². The molecule has 0 spiro atoms. The fourth-order valence-electron chi connectivity index (χ4n) is 2.49. The van der Waals surface area contributed by atoms with E-state index in [0.717, 1.165) is 18.4 Å². The molecule has 0 atom stereocenters. The number of carboxylic acid groups (broad SMARTS) is 1. The molecule has 1 aromatic carbocycles. The second-order valence-electron chi connectivity index (χ2n) is 5.83. The Bertz CT molecular complexity index is 804. The maximum Gasteiger partial charge on any atom is 0.323 e. The van der Waals surface area contributed by atoms with E-state index < -0.39 is 18.1 Å². The van der Waals surface area contributed by atoms with Crippen molar-refractivity contribution in [3.8, 4) is 11.3 Å². The number of rotatable bonds is 5. The van der Waals surface area contributed by atoms with Gasteiger partial charge >= 0.3 is 5.97 Å². The summed E-state index contributed by atoms with van der Waals surface area (Å²) < 4.78 is 1.22. The first-order chi connectivity index (χ1) is 10.9. The lowest BCUT2D eigenvalue weighted by atomic mass is 10.1. The molecule has 2 aromatic rings. The monoisotopic (exact) mass is 314 g/mol.